The topological polar surface area (TPSA) is 67.4 Å². The van der Waals surface area contributed by atoms with E-state index in [9.17, 15) is 9.59 Å². The number of hydrogen-bond donors (Lipinski definition) is 2. The maximum absolute atomic E-state index is 11.1. The van der Waals surface area contributed by atoms with Crippen molar-refractivity contribution in [2.45, 2.75) is 13.8 Å². The van der Waals surface area contributed by atoms with Gasteiger partial charge in [0.25, 0.3) is 0 Å². The summed E-state index contributed by atoms with van der Waals surface area (Å²) in [6, 6.07) is 10.5. The van der Waals surface area contributed by atoms with Crippen LogP contribution in [0.4, 0.5) is 11.4 Å². The average molecular weight is 442 g/mol. The first-order chi connectivity index (χ1) is 10.8. The quantitative estimate of drug-likeness (QED) is 0.707. The molecule has 0 bridgehead atoms. The van der Waals surface area contributed by atoms with Gasteiger partial charge in [0.15, 0.2) is 0 Å². The first-order valence-corrected chi connectivity index (χ1v) is 8.26. The second kappa shape index (κ2) is 7.61. The van der Waals surface area contributed by atoms with Crippen LogP contribution in [0.3, 0.4) is 0 Å². The molecule has 0 aliphatic heterocycles. The van der Waals surface area contributed by atoms with E-state index in [2.05, 4.69) is 42.5 Å². The second-order valence-corrected chi connectivity index (χ2v) is 6.46. The van der Waals surface area contributed by atoms with Gasteiger partial charge in [-0.05, 0) is 68.3 Å². The Balaban J connectivity index is 2.16. The van der Waals surface area contributed by atoms with Crippen molar-refractivity contribution in [3.05, 3.63) is 45.3 Å². The van der Waals surface area contributed by atoms with Gasteiger partial charge in [-0.1, -0.05) is 0 Å². The number of carbonyl (C=O) groups is 2. The monoisotopic (exact) mass is 440 g/mol. The van der Waals surface area contributed by atoms with Crippen molar-refractivity contribution in [2.24, 2.45) is 0 Å². The minimum Gasteiger partial charge on any atom is -0.457 e. The zero-order valence-electron chi connectivity index (χ0n) is 12.4. The Kier molecular flexibility index (Phi) is 5.79. The summed E-state index contributed by atoms with van der Waals surface area (Å²) >= 11 is 6.78. The van der Waals surface area contributed by atoms with Crippen molar-refractivity contribution < 1.29 is 14.3 Å². The number of anilines is 2. The normalized spacial score (nSPS) is 10.1. The highest BCUT2D eigenvalue weighted by atomic mass is 79.9. The molecular weight excluding hydrogens is 428 g/mol. The molecular formula is C16H14Br2N2O3. The molecule has 2 aromatic rings. The van der Waals surface area contributed by atoms with Crippen LogP contribution in [0.25, 0.3) is 0 Å². The lowest BCUT2D eigenvalue weighted by Crippen LogP contribution is -2.06. The lowest BCUT2D eigenvalue weighted by atomic mass is 10.2. The Bertz CT molecular complexity index is 699. The first kappa shape index (κ1) is 17.5. The fourth-order valence-corrected chi connectivity index (χ4v) is 2.75. The molecule has 120 valence electrons. The van der Waals surface area contributed by atoms with Gasteiger partial charge < -0.3 is 15.4 Å². The van der Waals surface area contributed by atoms with Gasteiger partial charge in [-0.2, -0.15) is 0 Å². The van der Waals surface area contributed by atoms with Gasteiger partial charge in [-0.25, -0.2) is 0 Å². The van der Waals surface area contributed by atoms with Crippen molar-refractivity contribution in [1.82, 2.24) is 0 Å². The molecule has 7 heteroatoms. The van der Waals surface area contributed by atoms with Gasteiger partial charge in [0, 0.05) is 22.8 Å². The Hall–Kier alpha value is -1.86. The maximum atomic E-state index is 11.1. The van der Waals surface area contributed by atoms with E-state index in [1.165, 1.54) is 13.8 Å². The third-order valence-electron chi connectivity index (χ3n) is 2.74. The average Bonchev–Trinajstić information content (AvgIpc) is 2.44. The lowest BCUT2D eigenvalue weighted by Gasteiger charge is -2.11. The summed E-state index contributed by atoms with van der Waals surface area (Å²) < 4.78 is 7.22. The summed E-state index contributed by atoms with van der Waals surface area (Å²) in [5.74, 6) is 0.948. The molecule has 0 radical (unpaired) electrons. The SMILES string of the molecule is CC(=O)Nc1ccc(Oc2ccc(NC(C)=O)c(Br)c2)cc1Br. The molecule has 0 spiro atoms. The van der Waals surface area contributed by atoms with Crippen LogP contribution >= 0.6 is 31.9 Å². The molecule has 2 aromatic carbocycles. The third-order valence-corrected chi connectivity index (χ3v) is 4.05. The summed E-state index contributed by atoms with van der Waals surface area (Å²) in [4.78, 5) is 22.2. The molecule has 0 aliphatic carbocycles. The summed E-state index contributed by atoms with van der Waals surface area (Å²) in [5.41, 5.74) is 1.35. The van der Waals surface area contributed by atoms with Gasteiger partial charge in [-0.3, -0.25) is 9.59 Å². The van der Waals surface area contributed by atoms with Gasteiger partial charge in [0.1, 0.15) is 11.5 Å². The van der Waals surface area contributed by atoms with Crippen molar-refractivity contribution in [2.75, 3.05) is 10.6 Å². The van der Waals surface area contributed by atoms with Crippen LogP contribution in [0, 0.1) is 0 Å². The van der Waals surface area contributed by atoms with Crippen LogP contribution in [0.1, 0.15) is 13.8 Å². The van der Waals surface area contributed by atoms with Gasteiger partial charge in [0.05, 0.1) is 11.4 Å². The first-order valence-electron chi connectivity index (χ1n) is 6.67. The van der Waals surface area contributed by atoms with E-state index >= 15 is 0 Å². The van der Waals surface area contributed by atoms with Gasteiger partial charge in [0.2, 0.25) is 11.8 Å². The maximum Gasteiger partial charge on any atom is 0.221 e. The Labute approximate surface area is 150 Å². The number of nitrogens with one attached hydrogen (secondary N) is 2. The predicted molar refractivity (Wildman–Crippen MR) is 97.0 cm³/mol. The highest BCUT2D eigenvalue weighted by molar-refractivity contribution is 9.11. The summed E-state index contributed by atoms with van der Waals surface area (Å²) in [6.07, 6.45) is 0. The van der Waals surface area contributed by atoms with E-state index in [4.69, 9.17) is 4.74 Å². The van der Waals surface area contributed by atoms with Crippen LogP contribution in [-0.4, -0.2) is 11.8 Å². The number of halogens is 2. The fraction of sp³-hybridized carbons (Fsp3) is 0.125. The number of ether oxygens (including phenoxy) is 1. The molecule has 0 saturated carbocycles. The lowest BCUT2D eigenvalue weighted by molar-refractivity contribution is -0.115. The second-order valence-electron chi connectivity index (χ2n) is 4.75. The summed E-state index contributed by atoms with van der Waals surface area (Å²) in [5, 5.41) is 5.42. The molecule has 0 aromatic heterocycles. The van der Waals surface area contributed by atoms with Gasteiger partial charge >= 0.3 is 0 Å². The van der Waals surface area contributed by atoms with Crippen LogP contribution in [0.2, 0.25) is 0 Å². The number of benzene rings is 2. The van der Waals surface area contributed by atoms with Gasteiger partial charge in [-0.15, -0.1) is 0 Å². The molecule has 2 amide bonds. The van der Waals surface area contributed by atoms with Crippen molar-refractivity contribution in [3.8, 4) is 11.5 Å². The van der Waals surface area contributed by atoms with Crippen LogP contribution in [-0.2, 0) is 9.59 Å². The van der Waals surface area contributed by atoms with E-state index < -0.39 is 0 Å². The molecule has 0 unspecified atom stereocenters. The van der Waals surface area contributed by atoms with Crippen molar-refractivity contribution >= 4 is 55.0 Å². The number of amides is 2. The molecule has 0 atom stereocenters. The molecule has 5 nitrogen and oxygen atoms in total. The van der Waals surface area contributed by atoms with Crippen molar-refractivity contribution in [1.29, 1.82) is 0 Å². The Morgan fingerprint density at radius 3 is 1.52 bits per heavy atom. The fourth-order valence-electron chi connectivity index (χ4n) is 1.84. The molecule has 0 saturated heterocycles. The highest BCUT2D eigenvalue weighted by Gasteiger charge is 2.07. The number of hydrogen-bond acceptors (Lipinski definition) is 3. The molecule has 2 N–H and O–H groups in total. The zero-order chi connectivity index (χ0) is 17.0. The summed E-state index contributed by atoms with van der Waals surface area (Å²) in [7, 11) is 0. The smallest absolute Gasteiger partial charge is 0.221 e. The van der Waals surface area contributed by atoms with Crippen LogP contribution in [0.15, 0.2) is 45.3 Å². The molecule has 0 heterocycles. The van der Waals surface area contributed by atoms with Crippen molar-refractivity contribution in [3.63, 3.8) is 0 Å². The van der Waals surface area contributed by atoms with E-state index in [1.807, 2.05) is 0 Å². The molecule has 2 rings (SSSR count). The van der Waals surface area contributed by atoms with E-state index in [1.54, 1.807) is 36.4 Å². The minimum absolute atomic E-state index is 0.142. The minimum atomic E-state index is -0.142. The molecule has 0 fully saturated rings. The van der Waals surface area contributed by atoms with E-state index in [-0.39, 0.29) is 11.8 Å². The zero-order valence-corrected chi connectivity index (χ0v) is 15.6. The summed E-state index contributed by atoms with van der Waals surface area (Å²) in [6.45, 7) is 2.90. The molecule has 23 heavy (non-hydrogen) atoms. The number of carbonyl (C=O) groups excluding carboxylic acids is 2. The highest BCUT2D eigenvalue weighted by Crippen LogP contribution is 2.33. The Morgan fingerprint density at radius 2 is 1.22 bits per heavy atom. The van der Waals surface area contributed by atoms with Crippen LogP contribution in [0.5, 0.6) is 11.5 Å². The largest absolute Gasteiger partial charge is 0.457 e. The Morgan fingerprint density at radius 1 is 0.826 bits per heavy atom. The number of rotatable bonds is 4. The third kappa shape index (κ3) is 5.07. The van der Waals surface area contributed by atoms with E-state index in [0.29, 0.717) is 22.9 Å². The van der Waals surface area contributed by atoms with E-state index in [0.717, 1.165) is 8.95 Å². The van der Waals surface area contributed by atoms with Crippen LogP contribution < -0.4 is 15.4 Å². The standard InChI is InChI=1S/C16H14Br2N2O3/c1-9(21)19-15-5-3-11(7-13(15)17)23-12-4-6-16(14(18)8-12)20-10(2)22/h3-8H,1-2H3,(H,19,21)(H,20,22). The molecule has 0 aliphatic rings. The predicted octanol–water partition coefficient (Wildman–Crippen LogP) is 4.92.